The number of aliphatic hydroxyl groups is 1. The zero-order valence-electron chi connectivity index (χ0n) is 8.88. The van der Waals surface area contributed by atoms with Crippen molar-refractivity contribution in [2.45, 2.75) is 63.2 Å². The molecule has 1 saturated heterocycles. The standard InChI is InChI=1S/C11H22OS/c1-3-4-5-7-10(12)11(2)8-6-9-13-11/h10,12H,3-9H2,1-2H3. The van der Waals surface area contributed by atoms with Gasteiger partial charge in [0.2, 0.25) is 0 Å². The fourth-order valence-corrected chi connectivity index (χ4v) is 3.31. The molecule has 0 amide bonds. The van der Waals surface area contributed by atoms with Crippen molar-refractivity contribution in [2.75, 3.05) is 5.75 Å². The van der Waals surface area contributed by atoms with Crippen LogP contribution in [0.15, 0.2) is 0 Å². The molecular formula is C11H22OS. The Morgan fingerprint density at radius 3 is 2.77 bits per heavy atom. The Morgan fingerprint density at radius 2 is 2.23 bits per heavy atom. The molecule has 1 rings (SSSR count). The summed E-state index contributed by atoms with van der Waals surface area (Å²) in [4.78, 5) is 0. The number of thioether (sulfide) groups is 1. The fraction of sp³-hybridized carbons (Fsp3) is 1.00. The first-order chi connectivity index (χ1) is 6.19. The van der Waals surface area contributed by atoms with E-state index in [2.05, 4.69) is 13.8 Å². The summed E-state index contributed by atoms with van der Waals surface area (Å²) in [5.41, 5.74) is 0. The van der Waals surface area contributed by atoms with Gasteiger partial charge in [0, 0.05) is 4.75 Å². The van der Waals surface area contributed by atoms with Gasteiger partial charge in [-0.1, -0.05) is 26.2 Å². The van der Waals surface area contributed by atoms with Crippen molar-refractivity contribution < 1.29 is 5.11 Å². The Bertz CT molecular complexity index is 141. The first-order valence-corrected chi connectivity index (χ1v) is 6.49. The fourth-order valence-electron chi connectivity index (χ4n) is 1.96. The smallest absolute Gasteiger partial charge is 0.0684 e. The minimum atomic E-state index is -0.0773. The summed E-state index contributed by atoms with van der Waals surface area (Å²) >= 11 is 1.96. The maximum Gasteiger partial charge on any atom is 0.0684 e. The number of hydrogen-bond donors (Lipinski definition) is 1. The molecule has 1 N–H and O–H groups in total. The maximum absolute atomic E-state index is 10.0. The van der Waals surface area contributed by atoms with E-state index in [0.29, 0.717) is 0 Å². The molecule has 0 spiro atoms. The molecule has 78 valence electrons. The van der Waals surface area contributed by atoms with Crippen LogP contribution in [-0.4, -0.2) is 21.7 Å². The number of rotatable bonds is 5. The van der Waals surface area contributed by atoms with Crippen molar-refractivity contribution >= 4 is 11.8 Å². The Morgan fingerprint density at radius 1 is 1.46 bits per heavy atom. The van der Waals surface area contributed by atoms with E-state index in [-0.39, 0.29) is 10.9 Å². The van der Waals surface area contributed by atoms with E-state index in [1.165, 1.54) is 37.9 Å². The first kappa shape index (κ1) is 11.4. The minimum Gasteiger partial charge on any atom is -0.392 e. The van der Waals surface area contributed by atoms with Gasteiger partial charge in [-0.3, -0.25) is 0 Å². The van der Waals surface area contributed by atoms with Gasteiger partial charge in [0.1, 0.15) is 0 Å². The van der Waals surface area contributed by atoms with E-state index >= 15 is 0 Å². The van der Waals surface area contributed by atoms with Crippen LogP contribution in [0.2, 0.25) is 0 Å². The van der Waals surface area contributed by atoms with Crippen molar-refractivity contribution in [1.82, 2.24) is 0 Å². The first-order valence-electron chi connectivity index (χ1n) is 5.51. The lowest BCUT2D eigenvalue weighted by molar-refractivity contribution is 0.121. The summed E-state index contributed by atoms with van der Waals surface area (Å²) in [5, 5.41) is 10.0. The molecule has 1 fully saturated rings. The van der Waals surface area contributed by atoms with Gasteiger partial charge in [-0.2, -0.15) is 11.8 Å². The highest BCUT2D eigenvalue weighted by atomic mass is 32.2. The lowest BCUT2D eigenvalue weighted by Gasteiger charge is -2.29. The molecule has 0 aromatic heterocycles. The van der Waals surface area contributed by atoms with Crippen LogP contribution in [0.25, 0.3) is 0 Å². The van der Waals surface area contributed by atoms with Gasteiger partial charge in [-0.15, -0.1) is 0 Å². The van der Waals surface area contributed by atoms with Crippen molar-refractivity contribution in [1.29, 1.82) is 0 Å². The second-order valence-electron chi connectivity index (χ2n) is 4.28. The van der Waals surface area contributed by atoms with Gasteiger partial charge in [0.05, 0.1) is 6.10 Å². The van der Waals surface area contributed by atoms with E-state index in [0.717, 1.165) is 6.42 Å². The topological polar surface area (TPSA) is 20.2 Å². The predicted octanol–water partition coefficient (Wildman–Crippen LogP) is 3.21. The molecule has 0 radical (unpaired) electrons. The summed E-state index contributed by atoms with van der Waals surface area (Å²) in [6.07, 6.45) is 7.10. The number of hydrogen-bond acceptors (Lipinski definition) is 2. The molecule has 0 bridgehead atoms. The number of aliphatic hydroxyl groups excluding tert-OH is 1. The van der Waals surface area contributed by atoms with Gasteiger partial charge in [0.15, 0.2) is 0 Å². The largest absolute Gasteiger partial charge is 0.392 e. The van der Waals surface area contributed by atoms with Gasteiger partial charge < -0.3 is 5.11 Å². The lowest BCUT2D eigenvalue weighted by atomic mass is 9.94. The van der Waals surface area contributed by atoms with Gasteiger partial charge in [0.25, 0.3) is 0 Å². The van der Waals surface area contributed by atoms with Crippen molar-refractivity contribution in [2.24, 2.45) is 0 Å². The summed E-state index contributed by atoms with van der Waals surface area (Å²) in [5.74, 6) is 1.24. The average Bonchev–Trinajstić information content (AvgIpc) is 2.54. The Kier molecular flexibility index (Phi) is 4.60. The molecule has 13 heavy (non-hydrogen) atoms. The van der Waals surface area contributed by atoms with Crippen LogP contribution in [0, 0.1) is 0 Å². The van der Waals surface area contributed by atoms with Crippen molar-refractivity contribution in [3.63, 3.8) is 0 Å². The third-order valence-electron chi connectivity index (χ3n) is 3.04. The van der Waals surface area contributed by atoms with Crippen LogP contribution in [0.5, 0.6) is 0 Å². The third-order valence-corrected chi connectivity index (χ3v) is 4.66. The van der Waals surface area contributed by atoms with Gasteiger partial charge >= 0.3 is 0 Å². The lowest BCUT2D eigenvalue weighted by Crippen LogP contribution is -2.33. The van der Waals surface area contributed by atoms with Crippen LogP contribution in [0.4, 0.5) is 0 Å². The molecule has 1 nitrogen and oxygen atoms in total. The normalized spacial score (nSPS) is 30.7. The molecule has 1 heterocycles. The molecule has 1 aliphatic heterocycles. The Balaban J connectivity index is 2.24. The average molecular weight is 202 g/mol. The van der Waals surface area contributed by atoms with Crippen LogP contribution in [-0.2, 0) is 0 Å². The second kappa shape index (κ2) is 5.26. The molecule has 0 aromatic carbocycles. The van der Waals surface area contributed by atoms with E-state index in [4.69, 9.17) is 0 Å². The Labute approximate surface area is 86.3 Å². The van der Waals surface area contributed by atoms with Gasteiger partial charge in [-0.25, -0.2) is 0 Å². The summed E-state index contributed by atoms with van der Waals surface area (Å²) in [7, 11) is 0. The highest BCUT2D eigenvalue weighted by Gasteiger charge is 2.36. The van der Waals surface area contributed by atoms with E-state index in [1.54, 1.807) is 0 Å². The van der Waals surface area contributed by atoms with Crippen LogP contribution in [0.1, 0.15) is 52.4 Å². The summed E-state index contributed by atoms with van der Waals surface area (Å²) in [6.45, 7) is 4.43. The highest BCUT2D eigenvalue weighted by Crippen LogP contribution is 2.41. The van der Waals surface area contributed by atoms with Crippen LogP contribution < -0.4 is 0 Å². The summed E-state index contributed by atoms with van der Waals surface area (Å²) in [6, 6.07) is 0. The highest BCUT2D eigenvalue weighted by molar-refractivity contribution is 8.00. The molecule has 2 atom stereocenters. The second-order valence-corrected chi connectivity index (χ2v) is 5.91. The van der Waals surface area contributed by atoms with Gasteiger partial charge in [-0.05, 0) is 31.9 Å². The van der Waals surface area contributed by atoms with E-state index in [9.17, 15) is 5.11 Å². The zero-order valence-corrected chi connectivity index (χ0v) is 9.70. The quantitative estimate of drug-likeness (QED) is 0.691. The summed E-state index contributed by atoms with van der Waals surface area (Å²) < 4.78 is 0.174. The van der Waals surface area contributed by atoms with E-state index < -0.39 is 0 Å². The molecule has 0 aliphatic carbocycles. The minimum absolute atomic E-state index is 0.0773. The molecule has 0 saturated carbocycles. The zero-order chi connectivity index (χ0) is 9.73. The van der Waals surface area contributed by atoms with Crippen molar-refractivity contribution in [3.8, 4) is 0 Å². The number of unbranched alkanes of at least 4 members (excludes halogenated alkanes) is 2. The Hall–Kier alpha value is 0.310. The van der Waals surface area contributed by atoms with E-state index in [1.807, 2.05) is 11.8 Å². The molecule has 2 heteroatoms. The molecule has 1 aliphatic rings. The molecule has 0 aromatic rings. The van der Waals surface area contributed by atoms with Crippen LogP contribution in [0.3, 0.4) is 0 Å². The predicted molar refractivity (Wildman–Crippen MR) is 60.2 cm³/mol. The SMILES string of the molecule is CCCCCC(O)C1(C)CCCS1. The molecule has 2 unspecified atom stereocenters. The van der Waals surface area contributed by atoms with Crippen molar-refractivity contribution in [3.05, 3.63) is 0 Å². The van der Waals surface area contributed by atoms with Crippen LogP contribution >= 0.6 is 11.8 Å². The third kappa shape index (κ3) is 3.17. The molecular weight excluding hydrogens is 180 g/mol. The maximum atomic E-state index is 10.0. The monoisotopic (exact) mass is 202 g/mol.